The zero-order valence-corrected chi connectivity index (χ0v) is 9.39. The van der Waals surface area contributed by atoms with Gasteiger partial charge in [-0.2, -0.15) is 0 Å². The van der Waals surface area contributed by atoms with Crippen LogP contribution in [0.2, 0.25) is 4.34 Å². The molecule has 0 saturated carbocycles. The van der Waals surface area contributed by atoms with E-state index in [-0.39, 0.29) is 4.21 Å². The zero-order valence-electron chi connectivity index (χ0n) is 7.00. The second-order valence-corrected chi connectivity index (χ2v) is 5.84. The fraction of sp³-hybridized carbons (Fsp3) is 0.333. The molecule has 1 N–H and O–H groups in total. The molecule has 13 heavy (non-hydrogen) atoms. The van der Waals surface area contributed by atoms with Crippen LogP contribution in [0.15, 0.2) is 10.3 Å². The molecule has 1 aromatic rings. The van der Waals surface area contributed by atoms with E-state index in [1.54, 1.807) is 6.92 Å². The molecule has 0 aliphatic carbocycles. The molecule has 7 heteroatoms. The van der Waals surface area contributed by atoms with Crippen LogP contribution < -0.4 is 4.89 Å². The Morgan fingerprint density at radius 1 is 1.62 bits per heavy atom. The van der Waals surface area contributed by atoms with Crippen molar-refractivity contribution in [1.29, 1.82) is 0 Å². The maximum absolute atomic E-state index is 11.3. The van der Waals surface area contributed by atoms with Crippen molar-refractivity contribution in [2.24, 2.45) is 0 Å². The quantitative estimate of drug-likeness (QED) is 0.817. The van der Waals surface area contributed by atoms with Crippen molar-refractivity contribution < 1.29 is 13.3 Å². The number of aryl methyl sites for hydroxylation is 1. The van der Waals surface area contributed by atoms with E-state index in [9.17, 15) is 8.42 Å². The Kier molecular flexibility index (Phi) is 3.31. The first kappa shape index (κ1) is 10.9. The number of nitrogens with one attached hydrogen (secondary N) is 1. The lowest BCUT2D eigenvalue weighted by molar-refractivity contribution is 0.153. The van der Waals surface area contributed by atoms with E-state index in [1.165, 1.54) is 13.2 Å². The number of thiophene rings is 1. The second kappa shape index (κ2) is 3.93. The van der Waals surface area contributed by atoms with Crippen molar-refractivity contribution >= 4 is 33.0 Å². The molecule has 0 fully saturated rings. The van der Waals surface area contributed by atoms with E-state index in [4.69, 9.17) is 11.6 Å². The highest BCUT2D eigenvalue weighted by atomic mass is 35.5. The molecule has 1 rings (SSSR count). The first-order valence-corrected chi connectivity index (χ1v) is 5.96. The first-order chi connectivity index (χ1) is 5.97. The summed E-state index contributed by atoms with van der Waals surface area (Å²) in [5.74, 6) is 0. The normalized spacial score (nSPS) is 11.9. The molecule has 1 heterocycles. The summed E-state index contributed by atoms with van der Waals surface area (Å²) in [7, 11) is -2.31. The van der Waals surface area contributed by atoms with Crippen LogP contribution in [0.25, 0.3) is 0 Å². The van der Waals surface area contributed by atoms with Gasteiger partial charge in [0.05, 0.1) is 11.4 Å². The van der Waals surface area contributed by atoms with E-state index in [2.05, 4.69) is 4.84 Å². The van der Waals surface area contributed by atoms with Gasteiger partial charge in [-0.3, -0.25) is 4.84 Å². The lowest BCUT2D eigenvalue weighted by atomic mass is 10.4. The predicted octanol–water partition coefficient (Wildman–Crippen LogP) is 1.55. The fourth-order valence-corrected chi connectivity index (χ4v) is 3.21. The number of hydrogen-bond donors (Lipinski definition) is 1. The fourth-order valence-electron chi connectivity index (χ4n) is 0.715. The summed E-state index contributed by atoms with van der Waals surface area (Å²) in [5.41, 5.74) is 0.739. The maximum Gasteiger partial charge on any atom is 0.271 e. The van der Waals surface area contributed by atoms with Gasteiger partial charge >= 0.3 is 0 Å². The van der Waals surface area contributed by atoms with Crippen LogP contribution in [0.4, 0.5) is 0 Å². The smallest absolute Gasteiger partial charge is 0.271 e. The van der Waals surface area contributed by atoms with Crippen molar-refractivity contribution in [1.82, 2.24) is 4.89 Å². The van der Waals surface area contributed by atoms with Gasteiger partial charge in [-0.05, 0) is 18.6 Å². The van der Waals surface area contributed by atoms with Gasteiger partial charge in [0.2, 0.25) is 0 Å². The summed E-state index contributed by atoms with van der Waals surface area (Å²) < 4.78 is 23.2. The van der Waals surface area contributed by atoms with Crippen molar-refractivity contribution in [2.75, 3.05) is 7.11 Å². The summed E-state index contributed by atoms with van der Waals surface area (Å²) in [4.78, 5) is 6.24. The van der Waals surface area contributed by atoms with Gasteiger partial charge in [-0.15, -0.1) is 11.3 Å². The monoisotopic (exact) mass is 241 g/mol. The Morgan fingerprint density at radius 2 is 2.23 bits per heavy atom. The Morgan fingerprint density at radius 3 is 2.62 bits per heavy atom. The highest BCUT2D eigenvalue weighted by molar-refractivity contribution is 7.91. The van der Waals surface area contributed by atoms with E-state index in [0.717, 1.165) is 16.9 Å². The van der Waals surface area contributed by atoms with E-state index in [1.807, 2.05) is 4.89 Å². The molecule has 0 aromatic carbocycles. The largest absolute Gasteiger partial charge is 0.290 e. The Hall–Kier alpha value is -0.140. The molecule has 4 nitrogen and oxygen atoms in total. The lowest BCUT2D eigenvalue weighted by Gasteiger charge is -1.99. The lowest BCUT2D eigenvalue weighted by Crippen LogP contribution is -2.21. The van der Waals surface area contributed by atoms with Gasteiger partial charge in [0, 0.05) is 0 Å². The maximum atomic E-state index is 11.3. The van der Waals surface area contributed by atoms with Crippen LogP contribution in [-0.2, 0) is 14.9 Å². The van der Waals surface area contributed by atoms with Crippen molar-refractivity contribution in [3.8, 4) is 0 Å². The van der Waals surface area contributed by atoms with Gasteiger partial charge in [-0.1, -0.05) is 16.5 Å². The Balaban J connectivity index is 3.08. The molecule has 0 aliphatic rings. The summed E-state index contributed by atoms with van der Waals surface area (Å²) in [6, 6.07) is 1.49. The highest BCUT2D eigenvalue weighted by Crippen LogP contribution is 2.29. The third kappa shape index (κ3) is 2.41. The molecule has 0 amide bonds. The summed E-state index contributed by atoms with van der Waals surface area (Å²) in [5, 5.41) is 0. The minimum Gasteiger partial charge on any atom is -0.290 e. The van der Waals surface area contributed by atoms with E-state index < -0.39 is 10.0 Å². The summed E-state index contributed by atoms with van der Waals surface area (Å²) in [6.45, 7) is 1.74. The van der Waals surface area contributed by atoms with Crippen LogP contribution in [0.1, 0.15) is 5.56 Å². The van der Waals surface area contributed by atoms with Crippen LogP contribution >= 0.6 is 22.9 Å². The van der Waals surface area contributed by atoms with Crippen molar-refractivity contribution in [3.05, 3.63) is 16.0 Å². The molecule has 0 atom stereocenters. The summed E-state index contributed by atoms with van der Waals surface area (Å²) >= 11 is 6.72. The van der Waals surface area contributed by atoms with Gasteiger partial charge in [-0.25, -0.2) is 8.42 Å². The van der Waals surface area contributed by atoms with E-state index >= 15 is 0 Å². The molecule has 0 radical (unpaired) electrons. The number of sulfonamides is 1. The van der Waals surface area contributed by atoms with Gasteiger partial charge < -0.3 is 0 Å². The number of halogens is 1. The van der Waals surface area contributed by atoms with E-state index in [0.29, 0.717) is 4.34 Å². The molecule has 0 spiro atoms. The molecular weight excluding hydrogens is 234 g/mol. The first-order valence-electron chi connectivity index (χ1n) is 3.28. The second-order valence-electron chi connectivity index (χ2n) is 2.31. The topological polar surface area (TPSA) is 55.4 Å². The van der Waals surface area contributed by atoms with Gasteiger partial charge in [0.1, 0.15) is 4.21 Å². The van der Waals surface area contributed by atoms with Crippen LogP contribution in [0.5, 0.6) is 0 Å². The minimum absolute atomic E-state index is 0.150. The predicted molar refractivity (Wildman–Crippen MR) is 51.4 cm³/mol. The SMILES string of the molecule is CONS(=O)(=O)c1cc(C)c(Cl)s1. The van der Waals surface area contributed by atoms with Crippen LogP contribution in [0, 0.1) is 6.92 Å². The standard InChI is InChI=1S/C6H8ClNO3S2/c1-4-3-5(12-6(4)7)13(9,10)8-11-2/h3,8H,1-2H3. The third-order valence-electron chi connectivity index (χ3n) is 1.29. The molecule has 1 aromatic heterocycles. The molecular formula is C6H8ClNO3S2. The van der Waals surface area contributed by atoms with Crippen LogP contribution in [-0.4, -0.2) is 15.5 Å². The van der Waals surface area contributed by atoms with Gasteiger partial charge in [0.25, 0.3) is 10.0 Å². The molecule has 0 bridgehead atoms. The van der Waals surface area contributed by atoms with Crippen molar-refractivity contribution in [3.63, 3.8) is 0 Å². The zero-order chi connectivity index (χ0) is 10.1. The van der Waals surface area contributed by atoms with Gasteiger partial charge in [0.15, 0.2) is 0 Å². The molecule has 0 aliphatic heterocycles. The van der Waals surface area contributed by atoms with Crippen molar-refractivity contribution in [2.45, 2.75) is 11.1 Å². The van der Waals surface area contributed by atoms with Crippen LogP contribution in [0.3, 0.4) is 0 Å². The number of rotatable bonds is 3. The summed E-state index contributed by atoms with van der Waals surface area (Å²) in [6.07, 6.45) is 0. The molecule has 74 valence electrons. The minimum atomic E-state index is -3.55. The third-order valence-corrected chi connectivity index (χ3v) is 4.58. The molecule has 0 unspecified atom stereocenters. The Labute approximate surface area is 85.5 Å². The molecule has 0 saturated heterocycles. The average Bonchev–Trinajstić information content (AvgIpc) is 2.33. The highest BCUT2D eigenvalue weighted by Gasteiger charge is 2.17. The average molecular weight is 242 g/mol. The Bertz CT molecular complexity index is 379. The number of hydrogen-bond acceptors (Lipinski definition) is 4.